The number of ether oxygens (including phenoxy) is 1. The van der Waals surface area contributed by atoms with Crippen molar-refractivity contribution in [2.45, 2.75) is 64.6 Å². The van der Waals surface area contributed by atoms with Gasteiger partial charge in [0.25, 0.3) is 0 Å². The van der Waals surface area contributed by atoms with E-state index in [0.717, 1.165) is 85.7 Å². The quantitative estimate of drug-likeness (QED) is 0.0976. The van der Waals surface area contributed by atoms with Crippen LogP contribution in [0.25, 0.3) is 44.4 Å². The first-order valence-electron chi connectivity index (χ1n) is 20.9. The number of hydrogen-bond donors (Lipinski definition) is 2. The van der Waals surface area contributed by atoms with Gasteiger partial charge in [0.2, 0.25) is 0 Å². The number of benzene rings is 3. The Labute approximate surface area is 339 Å². The minimum Gasteiger partial charge on any atom is -0.379 e. The van der Waals surface area contributed by atoms with E-state index >= 15 is 0 Å². The van der Waals surface area contributed by atoms with E-state index in [0.29, 0.717) is 23.9 Å². The van der Waals surface area contributed by atoms with Crippen LogP contribution < -0.4 is 0 Å². The van der Waals surface area contributed by atoms with E-state index in [4.69, 9.17) is 21.3 Å². The van der Waals surface area contributed by atoms with E-state index in [1.807, 2.05) is 24.5 Å². The molecule has 2 saturated heterocycles. The molecule has 0 amide bonds. The maximum atomic E-state index is 5.73. The third kappa shape index (κ3) is 8.94. The van der Waals surface area contributed by atoms with Crippen molar-refractivity contribution in [2.24, 2.45) is 11.3 Å². The third-order valence-corrected chi connectivity index (χ3v) is 12.6. The molecule has 2 N–H and O–H groups in total. The molecule has 8 heteroatoms. The summed E-state index contributed by atoms with van der Waals surface area (Å²) in [6.07, 6.45) is 20.0. The summed E-state index contributed by atoms with van der Waals surface area (Å²) in [6, 6.07) is 22.9. The molecule has 0 spiro atoms. The van der Waals surface area contributed by atoms with Crippen LogP contribution in [0.5, 0.6) is 0 Å². The first-order valence-corrected chi connectivity index (χ1v) is 20.9. The predicted molar refractivity (Wildman–Crippen MR) is 234 cm³/mol. The Hall–Kier alpha value is -5.02. The minimum atomic E-state index is 0.199. The summed E-state index contributed by atoms with van der Waals surface area (Å²) in [7, 11) is 2.21. The van der Waals surface area contributed by atoms with Crippen molar-refractivity contribution in [1.29, 1.82) is 0 Å². The Morgan fingerprint density at radius 1 is 0.895 bits per heavy atom. The summed E-state index contributed by atoms with van der Waals surface area (Å²) < 4.78 is 5.73. The van der Waals surface area contributed by atoms with Gasteiger partial charge in [-0.2, -0.15) is 0 Å². The standard InChI is InChI=1S/C49H59N7O/c1-6-8-9-10-11-12-45(55-25-27-57-28-26-55)35(3)56(34-49(4)22-23-49)33-46-50-31-44(52-46)42-20-19-40-29-39(17-18-41(40)30-42)37-13-15-38(16-14-37)43-32-51-48(53-43)47-36(7-2)21-24-54(47)5/h6,8-11,13-20,29-32,36,45,47H,1,3,7,12,21-28,33-34H2,2,4-5H3,(H,50,52)(H,51,53)/b9-8-,11-10-. The second-order valence-corrected chi connectivity index (χ2v) is 16.8. The van der Waals surface area contributed by atoms with Gasteiger partial charge in [-0.25, -0.2) is 9.97 Å². The second kappa shape index (κ2) is 17.2. The number of likely N-dealkylation sites (tertiary alicyclic amines) is 1. The van der Waals surface area contributed by atoms with Crippen LogP contribution in [0.2, 0.25) is 0 Å². The SMILES string of the molecule is C=C/C=C\C=C/CC(C(=C)N(Cc1ncc(-c2ccc3cc(-c4ccc(-c5cnc(C6C(CC)CCN6C)[nH]5)cc4)ccc3c2)[nH]1)CC1(C)CC1)N1CCOCC1. The summed E-state index contributed by atoms with van der Waals surface area (Å²) in [5.41, 5.74) is 8.29. The number of hydrogen-bond acceptors (Lipinski definition) is 6. The van der Waals surface area contributed by atoms with E-state index in [1.54, 1.807) is 6.08 Å². The Morgan fingerprint density at radius 2 is 1.58 bits per heavy atom. The molecule has 1 aliphatic carbocycles. The molecule has 296 valence electrons. The molecule has 3 aliphatic rings. The van der Waals surface area contributed by atoms with Gasteiger partial charge >= 0.3 is 0 Å². The molecule has 8 rings (SSSR count). The number of aromatic amines is 2. The molecule has 2 aliphatic heterocycles. The molecule has 3 atom stereocenters. The van der Waals surface area contributed by atoms with E-state index in [-0.39, 0.29) is 6.04 Å². The lowest BCUT2D eigenvalue weighted by Gasteiger charge is -2.40. The summed E-state index contributed by atoms with van der Waals surface area (Å²) >= 11 is 0. The van der Waals surface area contributed by atoms with Crippen LogP contribution >= 0.6 is 0 Å². The average molecular weight is 762 g/mol. The molecule has 8 nitrogen and oxygen atoms in total. The Morgan fingerprint density at radius 3 is 2.32 bits per heavy atom. The Balaban J connectivity index is 0.960. The highest BCUT2D eigenvalue weighted by atomic mass is 16.5. The highest BCUT2D eigenvalue weighted by Crippen LogP contribution is 2.46. The van der Waals surface area contributed by atoms with Gasteiger partial charge in [0.15, 0.2) is 0 Å². The van der Waals surface area contributed by atoms with E-state index in [2.05, 4.69) is 125 Å². The number of H-pyrrole nitrogens is 2. The first-order chi connectivity index (χ1) is 27.8. The highest BCUT2D eigenvalue weighted by molar-refractivity contribution is 5.90. The number of morpholine rings is 1. The second-order valence-electron chi connectivity index (χ2n) is 16.8. The van der Waals surface area contributed by atoms with Crippen LogP contribution in [0.1, 0.15) is 63.6 Å². The van der Waals surface area contributed by atoms with Gasteiger partial charge in [0.1, 0.15) is 11.6 Å². The van der Waals surface area contributed by atoms with E-state index in [1.165, 1.54) is 47.6 Å². The van der Waals surface area contributed by atoms with Crippen LogP contribution in [0.4, 0.5) is 0 Å². The van der Waals surface area contributed by atoms with Gasteiger partial charge in [-0.15, -0.1) is 0 Å². The zero-order valence-corrected chi connectivity index (χ0v) is 34.1. The van der Waals surface area contributed by atoms with Crippen LogP contribution in [0, 0.1) is 11.3 Å². The Bertz CT molecular complexity index is 2220. The van der Waals surface area contributed by atoms with Crippen molar-refractivity contribution in [3.63, 3.8) is 0 Å². The van der Waals surface area contributed by atoms with Gasteiger partial charge in [-0.05, 0) is 90.2 Å². The fourth-order valence-corrected chi connectivity index (χ4v) is 8.84. The van der Waals surface area contributed by atoms with E-state index < -0.39 is 0 Å². The smallest absolute Gasteiger partial charge is 0.126 e. The third-order valence-electron chi connectivity index (χ3n) is 12.6. The lowest BCUT2D eigenvalue weighted by molar-refractivity contribution is 0.0178. The van der Waals surface area contributed by atoms with Crippen molar-refractivity contribution in [3.8, 4) is 33.6 Å². The van der Waals surface area contributed by atoms with Crippen LogP contribution in [-0.4, -0.2) is 87.1 Å². The molecule has 0 radical (unpaired) electrons. The van der Waals surface area contributed by atoms with Gasteiger partial charge in [0.05, 0.1) is 55.6 Å². The zero-order valence-electron chi connectivity index (χ0n) is 34.1. The number of aromatic nitrogens is 4. The summed E-state index contributed by atoms with van der Waals surface area (Å²) in [6.45, 7) is 19.4. The van der Waals surface area contributed by atoms with Crippen LogP contribution in [0.15, 0.2) is 122 Å². The molecule has 3 aromatic carbocycles. The topological polar surface area (TPSA) is 76.3 Å². The fraction of sp³-hybridized carbons (Fsp3) is 0.388. The number of nitrogens with one attached hydrogen (secondary N) is 2. The molecule has 57 heavy (non-hydrogen) atoms. The van der Waals surface area contributed by atoms with Gasteiger partial charge in [0, 0.05) is 30.9 Å². The minimum absolute atomic E-state index is 0.199. The molecule has 4 heterocycles. The molecule has 2 aromatic heterocycles. The number of rotatable bonds is 16. The van der Waals surface area contributed by atoms with Gasteiger partial charge in [-0.3, -0.25) is 9.80 Å². The monoisotopic (exact) mass is 761 g/mol. The Kier molecular flexibility index (Phi) is 11.7. The molecular formula is C49H59N7O. The average Bonchev–Trinajstić information content (AvgIpc) is 3.60. The number of imidazole rings is 2. The fourth-order valence-electron chi connectivity index (χ4n) is 8.84. The van der Waals surface area contributed by atoms with Crippen molar-refractivity contribution < 1.29 is 4.74 Å². The lowest BCUT2D eigenvalue weighted by Crippen LogP contribution is -2.47. The summed E-state index contributed by atoms with van der Waals surface area (Å²) in [5, 5.41) is 2.42. The number of nitrogens with zero attached hydrogens (tertiary/aromatic N) is 5. The van der Waals surface area contributed by atoms with Crippen LogP contribution in [-0.2, 0) is 11.3 Å². The maximum absolute atomic E-state index is 5.73. The largest absolute Gasteiger partial charge is 0.379 e. The van der Waals surface area contributed by atoms with Gasteiger partial charge < -0.3 is 19.6 Å². The molecule has 1 saturated carbocycles. The molecule has 3 unspecified atom stereocenters. The zero-order chi connectivity index (χ0) is 39.4. The lowest BCUT2D eigenvalue weighted by atomic mass is 9.97. The molecular weight excluding hydrogens is 703 g/mol. The van der Waals surface area contributed by atoms with Gasteiger partial charge in [-0.1, -0.05) is 112 Å². The summed E-state index contributed by atoms with van der Waals surface area (Å²) in [4.78, 5) is 24.5. The normalized spacial score (nSPS) is 20.5. The number of allylic oxidation sites excluding steroid dienone is 4. The van der Waals surface area contributed by atoms with Crippen molar-refractivity contribution in [3.05, 3.63) is 134 Å². The van der Waals surface area contributed by atoms with Crippen molar-refractivity contribution in [1.82, 2.24) is 34.6 Å². The van der Waals surface area contributed by atoms with Crippen molar-refractivity contribution in [2.75, 3.05) is 46.4 Å². The maximum Gasteiger partial charge on any atom is 0.126 e. The summed E-state index contributed by atoms with van der Waals surface area (Å²) in [5.74, 6) is 2.70. The number of fused-ring (bicyclic) bond motifs is 1. The highest BCUT2D eigenvalue weighted by Gasteiger charge is 2.40. The van der Waals surface area contributed by atoms with Crippen LogP contribution in [0.3, 0.4) is 0 Å². The molecule has 0 bridgehead atoms. The van der Waals surface area contributed by atoms with Crippen molar-refractivity contribution >= 4 is 10.8 Å². The van der Waals surface area contributed by atoms with E-state index in [9.17, 15) is 0 Å². The predicted octanol–water partition coefficient (Wildman–Crippen LogP) is 10.2. The molecule has 3 fully saturated rings. The molecule has 5 aromatic rings. The first kappa shape index (κ1) is 38.8.